The summed E-state index contributed by atoms with van der Waals surface area (Å²) in [7, 11) is 2.08. The molecule has 1 fully saturated rings. The molecule has 1 aliphatic rings. The summed E-state index contributed by atoms with van der Waals surface area (Å²) in [6.45, 7) is 5.29. The molecule has 20 heavy (non-hydrogen) atoms. The van der Waals surface area contributed by atoms with Crippen molar-refractivity contribution in [1.29, 1.82) is 0 Å². The average Bonchev–Trinajstić information content (AvgIpc) is 2.46. The van der Waals surface area contributed by atoms with Gasteiger partial charge in [0.15, 0.2) is 0 Å². The first-order chi connectivity index (χ1) is 9.70. The quantitative estimate of drug-likeness (QED) is 0.852. The lowest BCUT2D eigenvalue weighted by atomic mass is 9.73. The summed E-state index contributed by atoms with van der Waals surface area (Å²) in [6.07, 6.45) is 6.04. The fraction of sp³-hybridized carbons (Fsp3) is 0.667. The second-order valence-electron chi connectivity index (χ2n) is 6.23. The third-order valence-electron chi connectivity index (χ3n) is 4.69. The Labute approximate surface area is 123 Å². The Hall–Kier alpha value is -0.860. The van der Waals surface area contributed by atoms with Crippen LogP contribution in [0.4, 0.5) is 0 Å². The number of hydrogen-bond donors (Lipinski definition) is 1. The molecule has 0 amide bonds. The van der Waals surface area contributed by atoms with Gasteiger partial charge in [-0.15, -0.1) is 0 Å². The van der Waals surface area contributed by atoms with Crippen LogP contribution in [0.3, 0.4) is 0 Å². The Kier molecular flexibility index (Phi) is 5.62. The zero-order chi connectivity index (χ0) is 14.4. The van der Waals surface area contributed by atoms with Gasteiger partial charge in [0, 0.05) is 12.6 Å². The van der Waals surface area contributed by atoms with Crippen LogP contribution < -0.4 is 5.32 Å². The van der Waals surface area contributed by atoms with E-state index in [0.29, 0.717) is 6.04 Å². The molecule has 112 valence electrons. The minimum Gasteiger partial charge on any atom is -0.374 e. The third-order valence-corrected chi connectivity index (χ3v) is 4.69. The summed E-state index contributed by atoms with van der Waals surface area (Å²) >= 11 is 0. The van der Waals surface area contributed by atoms with Crippen LogP contribution in [0, 0.1) is 5.92 Å². The summed E-state index contributed by atoms with van der Waals surface area (Å²) in [5.74, 6) is 0.766. The van der Waals surface area contributed by atoms with Gasteiger partial charge >= 0.3 is 0 Å². The van der Waals surface area contributed by atoms with Gasteiger partial charge in [-0.25, -0.2) is 0 Å². The highest BCUT2D eigenvalue weighted by atomic mass is 16.5. The molecule has 0 saturated heterocycles. The molecule has 2 heteroatoms. The molecule has 1 aromatic carbocycles. The van der Waals surface area contributed by atoms with Crippen molar-refractivity contribution in [2.24, 2.45) is 5.92 Å². The first kappa shape index (κ1) is 15.5. The van der Waals surface area contributed by atoms with Crippen molar-refractivity contribution in [1.82, 2.24) is 5.32 Å². The molecule has 0 spiro atoms. The van der Waals surface area contributed by atoms with Gasteiger partial charge in [-0.3, -0.25) is 0 Å². The zero-order valence-electron chi connectivity index (χ0n) is 13.2. The van der Waals surface area contributed by atoms with Gasteiger partial charge in [0.2, 0.25) is 0 Å². The number of likely N-dealkylation sites (N-methyl/N-ethyl adjacent to an activating group) is 1. The molecule has 0 bridgehead atoms. The summed E-state index contributed by atoms with van der Waals surface area (Å²) in [4.78, 5) is 0. The second-order valence-corrected chi connectivity index (χ2v) is 6.23. The van der Waals surface area contributed by atoms with Gasteiger partial charge in [0.25, 0.3) is 0 Å². The van der Waals surface area contributed by atoms with Crippen LogP contribution in [0.15, 0.2) is 30.3 Å². The van der Waals surface area contributed by atoms with Gasteiger partial charge in [-0.1, -0.05) is 50.1 Å². The van der Waals surface area contributed by atoms with Crippen LogP contribution in [-0.2, 0) is 11.2 Å². The lowest BCUT2D eigenvalue weighted by molar-refractivity contribution is -0.0988. The molecule has 1 N–H and O–H groups in total. The van der Waals surface area contributed by atoms with E-state index >= 15 is 0 Å². The van der Waals surface area contributed by atoms with E-state index in [1.807, 2.05) is 0 Å². The van der Waals surface area contributed by atoms with Gasteiger partial charge in [-0.05, 0) is 44.7 Å². The smallest absolute Gasteiger partial charge is 0.0840 e. The molecule has 3 atom stereocenters. The number of benzene rings is 1. The Bertz CT molecular complexity index is 388. The van der Waals surface area contributed by atoms with Crippen molar-refractivity contribution in [3.8, 4) is 0 Å². The van der Waals surface area contributed by atoms with Crippen molar-refractivity contribution in [2.75, 3.05) is 13.7 Å². The maximum Gasteiger partial charge on any atom is 0.0840 e. The molecule has 2 nitrogen and oxygen atoms in total. The van der Waals surface area contributed by atoms with E-state index in [4.69, 9.17) is 4.74 Å². The molecule has 0 aliphatic heterocycles. The highest BCUT2D eigenvalue weighted by Gasteiger charge is 2.41. The number of nitrogens with one attached hydrogen (secondary N) is 1. The van der Waals surface area contributed by atoms with Crippen LogP contribution in [0.25, 0.3) is 0 Å². The highest BCUT2D eigenvalue weighted by molar-refractivity contribution is 5.17. The van der Waals surface area contributed by atoms with Crippen molar-refractivity contribution in [2.45, 2.75) is 57.6 Å². The van der Waals surface area contributed by atoms with Crippen molar-refractivity contribution < 1.29 is 4.74 Å². The van der Waals surface area contributed by atoms with E-state index < -0.39 is 0 Å². The van der Waals surface area contributed by atoms with Crippen LogP contribution in [0.5, 0.6) is 0 Å². The molecular weight excluding hydrogens is 246 g/mol. The fourth-order valence-electron chi connectivity index (χ4n) is 3.78. The van der Waals surface area contributed by atoms with Crippen molar-refractivity contribution in [3.05, 3.63) is 35.9 Å². The minimum absolute atomic E-state index is 0.0109. The number of ether oxygens (including phenoxy) is 1. The van der Waals surface area contributed by atoms with Crippen LogP contribution in [-0.4, -0.2) is 25.3 Å². The largest absolute Gasteiger partial charge is 0.374 e. The Morgan fingerprint density at radius 1 is 1.35 bits per heavy atom. The van der Waals surface area contributed by atoms with E-state index in [1.54, 1.807) is 0 Å². The SMILES string of the molecule is CCOC1(C(Cc2ccccc2)NC)CCCC(C)C1. The lowest BCUT2D eigenvalue weighted by Gasteiger charge is -2.45. The maximum absolute atomic E-state index is 6.30. The summed E-state index contributed by atoms with van der Waals surface area (Å²) < 4.78 is 6.30. The number of rotatable bonds is 6. The van der Waals surface area contributed by atoms with E-state index in [9.17, 15) is 0 Å². The van der Waals surface area contributed by atoms with Crippen molar-refractivity contribution in [3.63, 3.8) is 0 Å². The molecule has 0 radical (unpaired) electrons. The van der Waals surface area contributed by atoms with Gasteiger partial charge in [-0.2, -0.15) is 0 Å². The Morgan fingerprint density at radius 2 is 2.10 bits per heavy atom. The first-order valence-corrected chi connectivity index (χ1v) is 8.05. The van der Waals surface area contributed by atoms with Gasteiger partial charge in [0.1, 0.15) is 0 Å². The Morgan fingerprint density at radius 3 is 2.70 bits per heavy atom. The van der Waals surface area contributed by atoms with Gasteiger partial charge in [0.05, 0.1) is 5.60 Å². The summed E-state index contributed by atoms with van der Waals surface area (Å²) in [5.41, 5.74) is 1.40. The van der Waals surface area contributed by atoms with Crippen LogP contribution in [0.2, 0.25) is 0 Å². The van der Waals surface area contributed by atoms with Crippen LogP contribution in [0.1, 0.15) is 45.1 Å². The third kappa shape index (κ3) is 3.62. The standard InChI is InChI=1S/C18H29NO/c1-4-20-18(12-8-9-15(2)14-18)17(19-3)13-16-10-6-5-7-11-16/h5-7,10-11,15,17,19H,4,8-9,12-14H2,1-3H3. The molecule has 0 aromatic heterocycles. The van der Waals surface area contributed by atoms with Gasteiger partial charge < -0.3 is 10.1 Å². The zero-order valence-corrected chi connectivity index (χ0v) is 13.2. The van der Waals surface area contributed by atoms with E-state index in [-0.39, 0.29) is 5.60 Å². The molecule has 0 heterocycles. The molecular formula is C18H29NO. The molecule has 3 unspecified atom stereocenters. The fourth-order valence-corrected chi connectivity index (χ4v) is 3.78. The number of hydrogen-bond acceptors (Lipinski definition) is 2. The van der Waals surface area contributed by atoms with Crippen LogP contribution >= 0.6 is 0 Å². The maximum atomic E-state index is 6.30. The predicted octanol–water partition coefficient (Wildman–Crippen LogP) is 3.80. The molecule has 1 saturated carbocycles. The lowest BCUT2D eigenvalue weighted by Crippen LogP contribution is -2.55. The first-order valence-electron chi connectivity index (χ1n) is 8.05. The average molecular weight is 275 g/mol. The summed E-state index contributed by atoms with van der Waals surface area (Å²) in [6, 6.07) is 11.2. The van der Waals surface area contributed by atoms with Crippen molar-refractivity contribution >= 4 is 0 Å². The minimum atomic E-state index is 0.0109. The normalized spacial score (nSPS) is 28.2. The Balaban J connectivity index is 2.16. The molecule has 1 aliphatic carbocycles. The van der Waals surface area contributed by atoms with E-state index in [1.165, 1.54) is 31.2 Å². The summed E-state index contributed by atoms with van der Waals surface area (Å²) in [5, 5.41) is 3.54. The topological polar surface area (TPSA) is 21.3 Å². The van der Waals surface area contributed by atoms with E-state index in [0.717, 1.165) is 18.9 Å². The van der Waals surface area contributed by atoms with E-state index in [2.05, 4.69) is 56.5 Å². The second kappa shape index (κ2) is 7.24. The highest BCUT2D eigenvalue weighted by Crippen LogP contribution is 2.38. The molecule has 1 aromatic rings. The monoisotopic (exact) mass is 275 g/mol. The molecule has 2 rings (SSSR count). The predicted molar refractivity (Wildman–Crippen MR) is 85.0 cm³/mol.